The van der Waals surface area contributed by atoms with Crippen LogP contribution in [0.4, 0.5) is 0 Å². The van der Waals surface area contributed by atoms with Crippen LogP contribution in [0.3, 0.4) is 0 Å². The minimum absolute atomic E-state index is 0.364. The average Bonchev–Trinajstić information content (AvgIpc) is 2.80. The highest BCUT2D eigenvalue weighted by molar-refractivity contribution is 5.83. The Bertz CT molecular complexity index is 1000. The molecule has 2 aromatic carbocycles. The summed E-state index contributed by atoms with van der Waals surface area (Å²) in [5, 5.41) is 0. The van der Waals surface area contributed by atoms with Crippen LogP contribution >= 0.6 is 0 Å². The zero-order valence-electron chi connectivity index (χ0n) is 14.0. The third-order valence-corrected chi connectivity index (χ3v) is 4.35. The molecule has 1 aliphatic rings. The summed E-state index contributed by atoms with van der Waals surface area (Å²) in [5.41, 5.74) is 7.10. The van der Waals surface area contributed by atoms with Crippen LogP contribution in [-0.4, -0.2) is 0 Å². The molecule has 0 heteroatoms. The molecule has 0 aromatic heterocycles. The van der Waals surface area contributed by atoms with Gasteiger partial charge in [0.05, 0.1) is 5.41 Å². The molecule has 0 saturated carbocycles. The number of fused-ring (bicyclic) bond motifs is 3. The molecule has 0 aliphatic heterocycles. The predicted molar refractivity (Wildman–Crippen MR) is 100.0 cm³/mol. The van der Waals surface area contributed by atoms with Gasteiger partial charge in [0, 0.05) is 0 Å². The van der Waals surface area contributed by atoms with Gasteiger partial charge in [-0.1, -0.05) is 53.4 Å². The van der Waals surface area contributed by atoms with E-state index in [1.807, 2.05) is 0 Å². The lowest BCUT2D eigenvalue weighted by Gasteiger charge is -2.21. The molecular weight excluding hydrogens is 288 g/mol. The van der Waals surface area contributed by atoms with E-state index in [9.17, 15) is 0 Å². The summed E-state index contributed by atoms with van der Waals surface area (Å²) < 4.78 is 0. The van der Waals surface area contributed by atoms with E-state index < -0.39 is 0 Å². The van der Waals surface area contributed by atoms with Crippen molar-refractivity contribution >= 4 is 0 Å². The lowest BCUT2D eigenvalue weighted by atomic mass is 9.80. The summed E-state index contributed by atoms with van der Waals surface area (Å²) in [7, 11) is 0. The first-order valence-electron chi connectivity index (χ1n) is 7.76. The molecule has 0 bridgehead atoms. The van der Waals surface area contributed by atoms with Gasteiger partial charge in [0.1, 0.15) is 0 Å². The van der Waals surface area contributed by atoms with Crippen LogP contribution in [0.1, 0.15) is 29.2 Å². The second-order valence-corrected chi connectivity index (χ2v) is 6.12. The summed E-state index contributed by atoms with van der Waals surface area (Å²) in [6.45, 7) is 6.38. The van der Waals surface area contributed by atoms with Gasteiger partial charge >= 0.3 is 0 Å². The van der Waals surface area contributed by atoms with Crippen LogP contribution in [0.15, 0.2) is 36.4 Å². The topological polar surface area (TPSA) is 0 Å². The van der Waals surface area contributed by atoms with E-state index in [-0.39, 0.29) is 5.41 Å². The minimum Gasteiger partial charge on any atom is -0.106 e. The maximum Gasteiger partial charge on any atom is 0.0806 e. The van der Waals surface area contributed by atoms with Crippen LogP contribution in [-0.2, 0) is 5.41 Å². The Balaban J connectivity index is 2.18. The molecule has 1 aliphatic carbocycles. The van der Waals surface area contributed by atoms with Crippen molar-refractivity contribution in [1.29, 1.82) is 0 Å². The van der Waals surface area contributed by atoms with Crippen molar-refractivity contribution in [2.75, 3.05) is 0 Å². The number of hydrogen-bond donors (Lipinski definition) is 0. The Morgan fingerprint density at radius 1 is 0.750 bits per heavy atom. The van der Waals surface area contributed by atoms with Gasteiger partial charge in [-0.25, -0.2) is 0 Å². The molecule has 0 atom stereocenters. The normalized spacial score (nSPS) is 12.1. The SMILES string of the molecule is C#CC#CC#CC#CC1(C)c2cc(C)ccc2-c2ccc(C)cc21. The van der Waals surface area contributed by atoms with Gasteiger partial charge < -0.3 is 0 Å². The van der Waals surface area contributed by atoms with Gasteiger partial charge in [-0.2, -0.15) is 0 Å². The minimum atomic E-state index is -0.364. The Kier molecular flexibility index (Phi) is 3.93. The Morgan fingerprint density at radius 2 is 1.25 bits per heavy atom. The first-order valence-corrected chi connectivity index (χ1v) is 7.76. The molecule has 0 spiro atoms. The zero-order valence-corrected chi connectivity index (χ0v) is 14.0. The lowest BCUT2D eigenvalue weighted by molar-refractivity contribution is 0.776. The summed E-state index contributed by atoms with van der Waals surface area (Å²) in [5.74, 6) is 19.1. The fraction of sp³-hybridized carbons (Fsp3) is 0.167. The Labute approximate surface area is 144 Å². The van der Waals surface area contributed by atoms with Crippen LogP contribution in [0, 0.1) is 61.7 Å². The lowest BCUT2D eigenvalue weighted by Crippen LogP contribution is -2.18. The van der Waals surface area contributed by atoms with Gasteiger partial charge in [0.25, 0.3) is 0 Å². The highest BCUT2D eigenvalue weighted by Crippen LogP contribution is 2.49. The molecule has 0 nitrogen and oxygen atoms in total. The van der Waals surface area contributed by atoms with E-state index in [2.05, 4.69) is 98.6 Å². The van der Waals surface area contributed by atoms with E-state index in [0.717, 1.165) is 0 Å². The Morgan fingerprint density at radius 3 is 1.79 bits per heavy atom. The maximum atomic E-state index is 5.07. The Hall–Kier alpha value is -3.32. The van der Waals surface area contributed by atoms with Crippen LogP contribution in [0.25, 0.3) is 11.1 Å². The maximum absolute atomic E-state index is 5.07. The summed E-state index contributed by atoms with van der Waals surface area (Å²) in [6.07, 6.45) is 5.07. The van der Waals surface area contributed by atoms with Gasteiger partial charge in [0.15, 0.2) is 0 Å². The molecule has 0 fully saturated rings. The average molecular weight is 304 g/mol. The van der Waals surface area contributed by atoms with Gasteiger partial charge in [-0.3, -0.25) is 0 Å². The van der Waals surface area contributed by atoms with Crippen molar-refractivity contribution in [3.8, 4) is 59.0 Å². The van der Waals surface area contributed by atoms with E-state index in [4.69, 9.17) is 6.42 Å². The summed E-state index contributed by atoms with van der Waals surface area (Å²) in [6, 6.07) is 13.1. The molecule has 0 N–H and O–H groups in total. The zero-order chi connectivity index (χ0) is 17.2. The third-order valence-electron chi connectivity index (χ3n) is 4.35. The fourth-order valence-electron chi connectivity index (χ4n) is 3.18. The monoisotopic (exact) mass is 304 g/mol. The number of aryl methyl sites for hydroxylation is 2. The molecule has 0 unspecified atom stereocenters. The highest BCUT2D eigenvalue weighted by atomic mass is 14.4. The van der Waals surface area contributed by atoms with E-state index >= 15 is 0 Å². The highest BCUT2D eigenvalue weighted by Gasteiger charge is 2.38. The molecule has 24 heavy (non-hydrogen) atoms. The van der Waals surface area contributed by atoms with Crippen LogP contribution in [0.5, 0.6) is 0 Å². The predicted octanol–water partition coefficient (Wildman–Crippen LogP) is 4.23. The summed E-state index contributed by atoms with van der Waals surface area (Å²) >= 11 is 0. The van der Waals surface area contributed by atoms with Crippen LogP contribution in [0.2, 0.25) is 0 Å². The molecular formula is C24H16. The number of hydrogen-bond acceptors (Lipinski definition) is 0. The van der Waals surface area contributed by atoms with Crippen molar-refractivity contribution in [2.45, 2.75) is 26.2 Å². The largest absolute Gasteiger partial charge is 0.106 e. The molecule has 0 radical (unpaired) electrons. The number of terminal acetylenes is 1. The van der Waals surface area contributed by atoms with Crippen molar-refractivity contribution < 1.29 is 0 Å². The summed E-state index contributed by atoms with van der Waals surface area (Å²) in [4.78, 5) is 0. The molecule has 0 amide bonds. The van der Waals surface area contributed by atoms with Crippen molar-refractivity contribution in [3.05, 3.63) is 58.7 Å². The fourth-order valence-corrected chi connectivity index (χ4v) is 3.18. The number of rotatable bonds is 0. The van der Waals surface area contributed by atoms with Gasteiger partial charge in [0.2, 0.25) is 0 Å². The molecule has 0 heterocycles. The first-order chi connectivity index (χ1) is 11.6. The van der Waals surface area contributed by atoms with E-state index in [1.165, 1.54) is 33.4 Å². The second-order valence-electron chi connectivity index (χ2n) is 6.12. The van der Waals surface area contributed by atoms with Gasteiger partial charge in [-0.15, -0.1) is 6.42 Å². The van der Waals surface area contributed by atoms with Gasteiger partial charge in [-0.05, 0) is 78.5 Å². The van der Waals surface area contributed by atoms with Crippen LogP contribution < -0.4 is 0 Å². The smallest absolute Gasteiger partial charge is 0.0806 e. The van der Waals surface area contributed by atoms with Crippen molar-refractivity contribution in [2.24, 2.45) is 0 Å². The quantitative estimate of drug-likeness (QED) is 0.639. The van der Waals surface area contributed by atoms with Crippen molar-refractivity contribution in [3.63, 3.8) is 0 Å². The van der Waals surface area contributed by atoms with E-state index in [1.54, 1.807) is 0 Å². The standard InChI is InChI=1S/C24H16/c1-5-6-7-8-9-10-15-24(4)22-16-18(2)11-13-20(22)21-14-12-19(3)17-23(21)24/h1,11-14,16-17H,2-4H3. The third kappa shape index (κ3) is 2.57. The second kappa shape index (κ2) is 6.05. The van der Waals surface area contributed by atoms with E-state index in [0.29, 0.717) is 0 Å². The van der Waals surface area contributed by atoms with Crippen molar-refractivity contribution in [1.82, 2.24) is 0 Å². The molecule has 112 valence electrons. The number of benzene rings is 2. The molecule has 3 rings (SSSR count). The molecule has 0 saturated heterocycles. The molecule has 2 aromatic rings. The first kappa shape index (κ1) is 15.6.